The van der Waals surface area contributed by atoms with Crippen molar-refractivity contribution < 1.29 is 14.4 Å². The standard InChI is InChI=1S/C22H31N3O3/c1-13-7-8-14(9-15(13)24-19(28)20(2,3)4)17(26)25-10-16-21(5,6)11-22(16,12-25)18(23)27/h7-9,16H,10-12H2,1-6H3,(H2,23,27)(H,24,28)/t16-,22+/m1/s1. The number of nitrogens with one attached hydrogen (secondary N) is 1. The van der Waals surface area contributed by atoms with Crippen molar-refractivity contribution in [1.29, 1.82) is 0 Å². The van der Waals surface area contributed by atoms with E-state index in [0.717, 1.165) is 5.56 Å². The van der Waals surface area contributed by atoms with Gasteiger partial charge in [-0.25, -0.2) is 0 Å². The Morgan fingerprint density at radius 1 is 1.21 bits per heavy atom. The number of primary amides is 1. The number of carbonyl (C=O) groups excluding carboxylic acids is 3. The van der Waals surface area contributed by atoms with Crippen LogP contribution in [0.2, 0.25) is 0 Å². The van der Waals surface area contributed by atoms with Crippen molar-refractivity contribution in [3.05, 3.63) is 29.3 Å². The van der Waals surface area contributed by atoms with E-state index in [9.17, 15) is 14.4 Å². The van der Waals surface area contributed by atoms with Gasteiger partial charge in [-0.3, -0.25) is 14.4 Å². The summed E-state index contributed by atoms with van der Waals surface area (Å²) in [5.74, 6) is -0.452. The molecule has 1 heterocycles. The number of hydrogen-bond donors (Lipinski definition) is 2. The molecule has 1 saturated heterocycles. The average molecular weight is 386 g/mol. The number of rotatable bonds is 3. The number of carbonyl (C=O) groups is 3. The van der Waals surface area contributed by atoms with Gasteiger partial charge in [-0.05, 0) is 42.4 Å². The van der Waals surface area contributed by atoms with Crippen molar-refractivity contribution in [2.24, 2.45) is 27.9 Å². The van der Waals surface area contributed by atoms with E-state index in [1.54, 1.807) is 17.0 Å². The van der Waals surface area contributed by atoms with Crippen molar-refractivity contribution >= 4 is 23.4 Å². The van der Waals surface area contributed by atoms with E-state index in [1.807, 2.05) is 33.8 Å². The van der Waals surface area contributed by atoms with Gasteiger partial charge in [0.05, 0.1) is 5.41 Å². The summed E-state index contributed by atoms with van der Waals surface area (Å²) >= 11 is 0. The molecule has 2 aliphatic rings. The van der Waals surface area contributed by atoms with Crippen molar-refractivity contribution in [3.63, 3.8) is 0 Å². The zero-order valence-corrected chi connectivity index (χ0v) is 17.7. The van der Waals surface area contributed by atoms with Crippen molar-refractivity contribution in [3.8, 4) is 0 Å². The van der Waals surface area contributed by atoms with Crippen molar-refractivity contribution in [2.45, 2.75) is 48.0 Å². The first-order chi connectivity index (χ1) is 12.8. The van der Waals surface area contributed by atoms with Crippen LogP contribution in [0.15, 0.2) is 18.2 Å². The van der Waals surface area contributed by atoms with Crippen LogP contribution in [0.5, 0.6) is 0 Å². The summed E-state index contributed by atoms with van der Waals surface area (Å²) in [4.78, 5) is 39.4. The second-order valence-corrected chi connectivity index (χ2v) is 10.2. The molecular weight excluding hydrogens is 354 g/mol. The Morgan fingerprint density at radius 3 is 2.36 bits per heavy atom. The summed E-state index contributed by atoms with van der Waals surface area (Å²) in [7, 11) is 0. The van der Waals surface area contributed by atoms with Gasteiger partial charge in [0.25, 0.3) is 5.91 Å². The van der Waals surface area contributed by atoms with E-state index in [1.165, 1.54) is 0 Å². The Kier molecular flexibility index (Phi) is 4.60. The van der Waals surface area contributed by atoms with Gasteiger partial charge in [0.1, 0.15) is 0 Å². The lowest BCUT2D eigenvalue weighted by molar-refractivity contribution is -0.148. The molecule has 3 N–H and O–H groups in total. The highest BCUT2D eigenvalue weighted by atomic mass is 16.2. The Hall–Kier alpha value is -2.37. The SMILES string of the molecule is Cc1ccc(C(=O)N2C[C@@H]3C(C)(C)C[C@]3(C(N)=O)C2)cc1NC(=O)C(C)(C)C. The van der Waals surface area contributed by atoms with Gasteiger partial charge in [-0.15, -0.1) is 0 Å². The Morgan fingerprint density at radius 2 is 1.86 bits per heavy atom. The second kappa shape index (κ2) is 6.33. The maximum absolute atomic E-state index is 13.1. The number of nitrogens with two attached hydrogens (primary N) is 1. The van der Waals surface area contributed by atoms with Crippen LogP contribution in [0.25, 0.3) is 0 Å². The number of likely N-dealkylation sites (tertiary alicyclic amines) is 1. The van der Waals surface area contributed by atoms with Crippen LogP contribution in [0.3, 0.4) is 0 Å². The summed E-state index contributed by atoms with van der Waals surface area (Å²) in [5, 5.41) is 2.92. The van der Waals surface area contributed by atoms with E-state index in [4.69, 9.17) is 5.73 Å². The molecule has 1 aliphatic carbocycles. The summed E-state index contributed by atoms with van der Waals surface area (Å²) in [5.41, 5.74) is 6.62. The molecule has 0 bridgehead atoms. The summed E-state index contributed by atoms with van der Waals surface area (Å²) in [6, 6.07) is 5.33. The molecule has 6 nitrogen and oxygen atoms in total. The molecule has 152 valence electrons. The number of amides is 3. The molecule has 1 aromatic carbocycles. The number of aryl methyl sites for hydroxylation is 1. The molecule has 28 heavy (non-hydrogen) atoms. The highest BCUT2D eigenvalue weighted by Crippen LogP contribution is 2.62. The molecule has 2 atom stereocenters. The van der Waals surface area contributed by atoms with Crippen LogP contribution < -0.4 is 11.1 Å². The lowest BCUT2D eigenvalue weighted by atomic mass is 9.48. The van der Waals surface area contributed by atoms with Crippen LogP contribution in [-0.4, -0.2) is 35.7 Å². The molecule has 6 heteroatoms. The average Bonchev–Trinajstić information content (AvgIpc) is 2.91. The second-order valence-electron chi connectivity index (χ2n) is 10.2. The molecule has 0 spiro atoms. The van der Waals surface area contributed by atoms with E-state index >= 15 is 0 Å². The molecule has 3 rings (SSSR count). The molecule has 2 fully saturated rings. The van der Waals surface area contributed by atoms with E-state index in [-0.39, 0.29) is 29.1 Å². The number of hydrogen-bond acceptors (Lipinski definition) is 3. The third-order valence-corrected chi connectivity index (χ3v) is 6.45. The summed E-state index contributed by atoms with van der Waals surface area (Å²) < 4.78 is 0. The van der Waals surface area contributed by atoms with Crippen molar-refractivity contribution in [2.75, 3.05) is 18.4 Å². The van der Waals surface area contributed by atoms with Crippen LogP contribution in [0.1, 0.15) is 57.0 Å². The first kappa shape index (κ1) is 20.4. The molecule has 0 aromatic heterocycles. The highest BCUT2D eigenvalue weighted by Gasteiger charge is 2.66. The highest BCUT2D eigenvalue weighted by molar-refractivity contribution is 5.99. The van der Waals surface area contributed by atoms with Crippen molar-refractivity contribution in [1.82, 2.24) is 4.90 Å². The van der Waals surface area contributed by atoms with Gasteiger partial charge < -0.3 is 16.0 Å². The maximum atomic E-state index is 13.1. The normalized spacial score (nSPS) is 25.6. The largest absolute Gasteiger partial charge is 0.369 e. The number of fused-ring (bicyclic) bond motifs is 1. The fourth-order valence-electron chi connectivity index (χ4n) is 4.76. The van der Waals surface area contributed by atoms with Gasteiger partial charge in [0, 0.05) is 29.8 Å². The summed E-state index contributed by atoms with van der Waals surface area (Å²) in [6.07, 6.45) is 0.713. The molecule has 1 saturated carbocycles. The minimum absolute atomic E-state index is 0.00315. The minimum atomic E-state index is -0.604. The zero-order chi connectivity index (χ0) is 21.1. The first-order valence-electron chi connectivity index (χ1n) is 9.79. The van der Waals surface area contributed by atoms with Gasteiger partial charge in [-0.1, -0.05) is 40.7 Å². The zero-order valence-electron chi connectivity index (χ0n) is 17.7. The molecule has 0 radical (unpaired) electrons. The lowest BCUT2D eigenvalue weighted by Crippen LogP contribution is -2.59. The van der Waals surface area contributed by atoms with Crippen LogP contribution in [-0.2, 0) is 9.59 Å². The van der Waals surface area contributed by atoms with Crippen LogP contribution >= 0.6 is 0 Å². The Bertz CT molecular complexity index is 853. The van der Waals surface area contributed by atoms with Gasteiger partial charge in [-0.2, -0.15) is 0 Å². The van der Waals surface area contributed by atoms with E-state index < -0.39 is 10.8 Å². The van der Waals surface area contributed by atoms with Crippen LogP contribution in [0.4, 0.5) is 5.69 Å². The third-order valence-electron chi connectivity index (χ3n) is 6.45. The topological polar surface area (TPSA) is 92.5 Å². The summed E-state index contributed by atoms with van der Waals surface area (Å²) in [6.45, 7) is 12.6. The lowest BCUT2D eigenvalue weighted by Gasteiger charge is -2.54. The molecular formula is C22H31N3O3. The van der Waals surface area contributed by atoms with Gasteiger partial charge >= 0.3 is 0 Å². The van der Waals surface area contributed by atoms with E-state index in [0.29, 0.717) is 30.8 Å². The fraction of sp³-hybridized carbons (Fsp3) is 0.591. The third kappa shape index (κ3) is 3.19. The van der Waals surface area contributed by atoms with Gasteiger partial charge in [0.2, 0.25) is 11.8 Å². The number of nitrogens with zero attached hydrogens (tertiary/aromatic N) is 1. The Balaban J connectivity index is 1.83. The minimum Gasteiger partial charge on any atom is -0.369 e. The number of anilines is 1. The molecule has 1 aromatic rings. The molecule has 0 unspecified atom stereocenters. The van der Waals surface area contributed by atoms with E-state index in [2.05, 4.69) is 19.2 Å². The number of benzene rings is 1. The predicted molar refractivity (Wildman–Crippen MR) is 109 cm³/mol. The fourth-order valence-corrected chi connectivity index (χ4v) is 4.76. The monoisotopic (exact) mass is 385 g/mol. The quantitative estimate of drug-likeness (QED) is 0.838. The maximum Gasteiger partial charge on any atom is 0.253 e. The smallest absolute Gasteiger partial charge is 0.253 e. The Labute approximate surface area is 166 Å². The van der Waals surface area contributed by atoms with Gasteiger partial charge in [0.15, 0.2) is 0 Å². The predicted octanol–water partition coefficient (Wildman–Crippen LogP) is 2.95. The first-order valence-corrected chi connectivity index (χ1v) is 9.79. The molecule has 1 aliphatic heterocycles. The molecule has 3 amide bonds. The van der Waals surface area contributed by atoms with Crippen LogP contribution in [0, 0.1) is 29.1 Å².